The molecule has 0 saturated heterocycles. The van der Waals surface area contributed by atoms with Gasteiger partial charge in [-0.15, -0.1) is 0 Å². The Morgan fingerprint density at radius 2 is 1.71 bits per heavy atom. The van der Waals surface area contributed by atoms with Crippen LogP contribution < -0.4 is 51.4 Å². The van der Waals surface area contributed by atoms with E-state index in [1.807, 2.05) is 0 Å². The average Bonchev–Trinajstić information content (AvgIpc) is 2.34. The van der Waals surface area contributed by atoms with Gasteiger partial charge in [-0.25, -0.2) is 0 Å². The molecule has 0 spiro atoms. The molecule has 1 rings (SSSR count). The zero-order chi connectivity index (χ0) is 9.90. The minimum absolute atomic E-state index is 0. The minimum Gasteiger partial charge on any atom is -0.448 e. The first-order chi connectivity index (χ1) is 5.97. The second-order valence-corrected chi connectivity index (χ2v) is 4.08. The van der Waals surface area contributed by atoms with Crippen molar-refractivity contribution in [1.29, 1.82) is 0 Å². The minimum atomic E-state index is -4.64. The molecule has 0 bridgehead atoms. The van der Waals surface area contributed by atoms with Crippen LogP contribution in [0, 0.1) is 5.92 Å². The SMILES string of the molecule is CN(CC1CCCC1)C[B-](F)(F)F.[K+]. The first-order valence-corrected chi connectivity index (χ1v) is 4.87. The van der Waals surface area contributed by atoms with E-state index in [1.54, 1.807) is 7.05 Å². The zero-order valence-electron chi connectivity index (χ0n) is 8.98. The quantitative estimate of drug-likeness (QED) is 0.592. The largest absolute Gasteiger partial charge is 1.00 e. The fraction of sp³-hybridized carbons (Fsp3) is 1.00. The summed E-state index contributed by atoms with van der Waals surface area (Å²) in [7, 11) is 1.56. The molecule has 1 aliphatic rings. The number of hydrogen-bond acceptors (Lipinski definition) is 1. The molecule has 0 heterocycles. The normalized spacial score (nSPS) is 18.6. The van der Waals surface area contributed by atoms with Crippen LogP contribution >= 0.6 is 0 Å². The van der Waals surface area contributed by atoms with Crippen LogP contribution in [-0.4, -0.2) is 31.9 Å². The molecule has 0 atom stereocenters. The van der Waals surface area contributed by atoms with Gasteiger partial charge in [0.25, 0.3) is 0 Å². The number of nitrogens with zero attached hydrogens (tertiary/aromatic N) is 1. The molecule has 0 N–H and O–H groups in total. The van der Waals surface area contributed by atoms with Crippen molar-refractivity contribution in [3.63, 3.8) is 0 Å². The summed E-state index contributed by atoms with van der Waals surface area (Å²) in [4.78, 5) is 1.41. The van der Waals surface area contributed by atoms with Crippen molar-refractivity contribution in [2.45, 2.75) is 25.7 Å². The van der Waals surface area contributed by atoms with Crippen molar-refractivity contribution in [3.05, 3.63) is 0 Å². The second kappa shape index (κ2) is 6.91. The first-order valence-electron chi connectivity index (χ1n) is 4.87. The van der Waals surface area contributed by atoms with E-state index in [0.29, 0.717) is 12.5 Å². The third kappa shape index (κ3) is 6.85. The molecule has 1 nitrogen and oxygen atoms in total. The Morgan fingerprint density at radius 3 is 2.14 bits per heavy atom. The van der Waals surface area contributed by atoms with Gasteiger partial charge in [-0.1, -0.05) is 12.8 Å². The molecule has 0 aromatic heterocycles. The molecule has 1 aliphatic carbocycles. The van der Waals surface area contributed by atoms with Crippen LogP contribution in [0.3, 0.4) is 0 Å². The number of hydrogen-bond donors (Lipinski definition) is 0. The third-order valence-electron chi connectivity index (χ3n) is 2.56. The fourth-order valence-electron chi connectivity index (χ4n) is 2.06. The van der Waals surface area contributed by atoms with Crippen LogP contribution in [0.4, 0.5) is 12.9 Å². The van der Waals surface area contributed by atoms with E-state index in [9.17, 15) is 12.9 Å². The summed E-state index contributed by atoms with van der Waals surface area (Å²) >= 11 is 0. The van der Waals surface area contributed by atoms with Gasteiger partial charge in [0.1, 0.15) is 0 Å². The molecule has 0 unspecified atom stereocenters. The van der Waals surface area contributed by atoms with Crippen molar-refractivity contribution in [1.82, 2.24) is 4.90 Å². The van der Waals surface area contributed by atoms with Crippen LogP contribution in [0.15, 0.2) is 0 Å². The molecule has 0 radical (unpaired) electrons. The molecular weight excluding hydrogens is 217 g/mol. The van der Waals surface area contributed by atoms with Crippen molar-refractivity contribution in [3.8, 4) is 0 Å². The van der Waals surface area contributed by atoms with E-state index in [2.05, 4.69) is 0 Å². The van der Waals surface area contributed by atoms with E-state index in [-0.39, 0.29) is 51.4 Å². The predicted octanol–water partition coefficient (Wildman–Crippen LogP) is -0.501. The summed E-state index contributed by atoms with van der Waals surface area (Å²) in [5.74, 6) is 0.503. The molecule has 78 valence electrons. The second-order valence-electron chi connectivity index (χ2n) is 4.08. The maximum Gasteiger partial charge on any atom is 1.00 e. The first kappa shape index (κ1) is 15.5. The molecule has 0 aliphatic heterocycles. The van der Waals surface area contributed by atoms with Crippen molar-refractivity contribution in [2.75, 3.05) is 20.0 Å². The molecule has 1 saturated carbocycles. The van der Waals surface area contributed by atoms with Crippen LogP contribution in [0.5, 0.6) is 0 Å². The Kier molecular flexibility index (Phi) is 7.63. The van der Waals surface area contributed by atoms with Gasteiger partial charge in [0.2, 0.25) is 0 Å². The Bertz CT molecular complexity index is 159. The number of halogens is 3. The van der Waals surface area contributed by atoms with Gasteiger partial charge in [0, 0.05) is 0 Å². The van der Waals surface area contributed by atoms with E-state index < -0.39 is 13.4 Å². The fourth-order valence-corrected chi connectivity index (χ4v) is 2.06. The summed E-state index contributed by atoms with van der Waals surface area (Å²) in [6.07, 6.45) is 3.88. The van der Waals surface area contributed by atoms with Gasteiger partial charge in [0.05, 0.1) is 0 Å². The standard InChI is InChI=1S/C8H16BF3N.K/c1-13(7-9(10,11)12)6-8-4-2-3-5-8;/h8H,2-7H2,1H3;/q-1;+1. The van der Waals surface area contributed by atoms with Crippen LogP contribution in [0.25, 0.3) is 0 Å². The van der Waals surface area contributed by atoms with Crippen LogP contribution in [0.1, 0.15) is 25.7 Å². The van der Waals surface area contributed by atoms with Gasteiger partial charge in [-0.05, 0) is 38.8 Å². The summed E-state index contributed by atoms with van der Waals surface area (Å²) in [5, 5.41) is 0. The van der Waals surface area contributed by atoms with Crippen molar-refractivity contribution >= 4 is 6.98 Å². The number of rotatable bonds is 4. The van der Waals surface area contributed by atoms with Gasteiger partial charge < -0.3 is 17.8 Å². The average molecular weight is 233 g/mol. The Hall–Kier alpha value is 1.45. The van der Waals surface area contributed by atoms with Gasteiger partial charge in [-0.3, -0.25) is 0 Å². The summed E-state index contributed by atoms with van der Waals surface area (Å²) < 4.78 is 36.0. The van der Waals surface area contributed by atoms with Crippen molar-refractivity contribution in [2.24, 2.45) is 5.92 Å². The van der Waals surface area contributed by atoms with E-state index >= 15 is 0 Å². The van der Waals surface area contributed by atoms with E-state index in [1.165, 1.54) is 17.7 Å². The molecular formula is C8H16BF3KN. The van der Waals surface area contributed by atoms with Crippen LogP contribution in [-0.2, 0) is 0 Å². The molecule has 0 aromatic carbocycles. The molecule has 1 fully saturated rings. The smallest absolute Gasteiger partial charge is 0.448 e. The Labute approximate surface area is 126 Å². The maximum absolute atomic E-state index is 12.0. The maximum atomic E-state index is 12.0. The summed E-state index contributed by atoms with van der Waals surface area (Å²) in [5.41, 5.74) is 0. The zero-order valence-corrected chi connectivity index (χ0v) is 12.1. The van der Waals surface area contributed by atoms with E-state index in [0.717, 1.165) is 12.8 Å². The molecule has 6 heteroatoms. The van der Waals surface area contributed by atoms with Crippen molar-refractivity contribution < 1.29 is 64.3 Å². The third-order valence-corrected chi connectivity index (χ3v) is 2.56. The molecule has 14 heavy (non-hydrogen) atoms. The predicted molar refractivity (Wildman–Crippen MR) is 48.5 cm³/mol. The summed E-state index contributed by atoms with van der Waals surface area (Å²) in [6, 6.07) is 0. The van der Waals surface area contributed by atoms with Gasteiger partial charge in [0.15, 0.2) is 0 Å². The Morgan fingerprint density at radius 1 is 1.21 bits per heavy atom. The van der Waals surface area contributed by atoms with Gasteiger partial charge in [-0.2, -0.15) is 0 Å². The summed E-state index contributed by atoms with van der Waals surface area (Å²) in [6.45, 7) is -4.03. The molecule has 0 amide bonds. The molecule has 0 aromatic rings. The monoisotopic (exact) mass is 233 g/mol. The van der Waals surface area contributed by atoms with Crippen LogP contribution in [0.2, 0.25) is 0 Å². The topological polar surface area (TPSA) is 3.24 Å². The van der Waals surface area contributed by atoms with Gasteiger partial charge >= 0.3 is 58.4 Å². The Balaban J connectivity index is 0.00000169. The van der Waals surface area contributed by atoms with E-state index in [4.69, 9.17) is 0 Å².